The second-order valence-corrected chi connectivity index (χ2v) is 8.82. The van der Waals surface area contributed by atoms with E-state index >= 15 is 0 Å². The van der Waals surface area contributed by atoms with E-state index in [2.05, 4.69) is 0 Å². The van der Waals surface area contributed by atoms with Crippen LogP contribution >= 0.6 is 24.2 Å². The molecule has 1 aliphatic carbocycles. The summed E-state index contributed by atoms with van der Waals surface area (Å²) in [5.74, 6) is -1.57. The first-order valence-electron chi connectivity index (χ1n) is 9.52. The molecule has 1 heterocycles. The number of carbonyl (C=O) groups excluding carboxylic acids is 1. The lowest BCUT2D eigenvalue weighted by Gasteiger charge is -2.36. The Bertz CT molecular complexity index is 755. The first kappa shape index (κ1) is 22.9. The summed E-state index contributed by atoms with van der Waals surface area (Å²) in [5.41, 5.74) is 0.554. The highest BCUT2D eigenvalue weighted by Gasteiger charge is 2.41. The first-order chi connectivity index (χ1) is 12.8. The van der Waals surface area contributed by atoms with E-state index in [1.807, 2.05) is 18.9 Å². The lowest BCUT2D eigenvalue weighted by molar-refractivity contribution is -0.117. The number of thioether (sulfide) groups is 1. The van der Waals surface area contributed by atoms with Crippen LogP contribution in [0, 0.1) is 18.6 Å². The van der Waals surface area contributed by atoms with Crippen molar-refractivity contribution < 1.29 is 13.6 Å². The molecule has 0 radical (unpaired) electrons. The number of amidine groups is 1. The molecule has 28 heavy (non-hydrogen) atoms. The molecule has 1 aromatic rings. The Kier molecular flexibility index (Phi) is 7.73. The molecule has 2 fully saturated rings. The maximum atomic E-state index is 14.1. The van der Waals surface area contributed by atoms with Crippen LogP contribution in [0.25, 0.3) is 0 Å². The number of halogens is 3. The number of amides is 1. The zero-order valence-electron chi connectivity index (χ0n) is 16.7. The highest BCUT2D eigenvalue weighted by Crippen LogP contribution is 2.37. The van der Waals surface area contributed by atoms with E-state index in [4.69, 9.17) is 4.99 Å². The predicted molar refractivity (Wildman–Crippen MR) is 114 cm³/mol. The molecule has 1 amide bonds. The Balaban J connectivity index is 0.00000280. The van der Waals surface area contributed by atoms with Crippen molar-refractivity contribution in [2.75, 3.05) is 11.9 Å². The van der Waals surface area contributed by atoms with Gasteiger partial charge in [-0.15, -0.1) is 12.4 Å². The summed E-state index contributed by atoms with van der Waals surface area (Å²) < 4.78 is 28.0. The molecule has 156 valence electrons. The molecule has 2 unspecified atom stereocenters. The van der Waals surface area contributed by atoms with Crippen LogP contribution in [0.3, 0.4) is 0 Å². The number of rotatable bonds is 3. The monoisotopic (exact) mass is 431 g/mol. The van der Waals surface area contributed by atoms with Crippen molar-refractivity contribution >= 4 is 40.9 Å². The van der Waals surface area contributed by atoms with Crippen LogP contribution in [0.1, 0.15) is 51.5 Å². The van der Waals surface area contributed by atoms with Crippen molar-refractivity contribution in [1.29, 1.82) is 0 Å². The fourth-order valence-corrected chi connectivity index (χ4v) is 5.23. The molecule has 0 spiro atoms. The van der Waals surface area contributed by atoms with E-state index in [0.29, 0.717) is 6.04 Å². The van der Waals surface area contributed by atoms with Gasteiger partial charge in [-0.1, -0.05) is 31.0 Å². The van der Waals surface area contributed by atoms with Crippen molar-refractivity contribution in [2.45, 2.75) is 70.3 Å². The van der Waals surface area contributed by atoms with Gasteiger partial charge >= 0.3 is 0 Å². The third-order valence-corrected chi connectivity index (χ3v) is 6.64. The van der Waals surface area contributed by atoms with Crippen molar-refractivity contribution in [1.82, 2.24) is 4.90 Å². The van der Waals surface area contributed by atoms with Crippen LogP contribution in [0.2, 0.25) is 0 Å². The lowest BCUT2D eigenvalue weighted by Crippen LogP contribution is -2.51. The maximum absolute atomic E-state index is 14.1. The molecule has 3 rings (SSSR count). The Labute approximate surface area is 176 Å². The highest BCUT2D eigenvalue weighted by molar-refractivity contribution is 8.14. The molecular formula is C20H28ClF2N3OS. The number of hydrogen-bond acceptors (Lipinski definition) is 3. The standard InChI is InChI=1S/C20H27F2N3OS.ClH/c1-12-17(22)10-15(21)11-18(12)25(14(3)26)19-13(2)27-20(24(19)4)23-16-8-6-5-7-9-16;/h10-11,13,16,19H,5-9H2,1-4H3;1H. The van der Waals surface area contributed by atoms with Crippen LogP contribution in [-0.4, -0.2) is 40.5 Å². The molecule has 4 nitrogen and oxygen atoms in total. The van der Waals surface area contributed by atoms with E-state index in [1.54, 1.807) is 18.7 Å². The average Bonchev–Trinajstić information content (AvgIpc) is 2.87. The number of anilines is 1. The average molecular weight is 432 g/mol. The molecular weight excluding hydrogens is 404 g/mol. The molecule has 1 saturated heterocycles. The Morgan fingerprint density at radius 2 is 1.89 bits per heavy atom. The van der Waals surface area contributed by atoms with Crippen molar-refractivity contribution in [3.05, 3.63) is 29.3 Å². The number of carbonyl (C=O) groups is 1. The summed E-state index contributed by atoms with van der Waals surface area (Å²) in [6, 6.07) is 2.42. The molecule has 1 saturated carbocycles. The quantitative estimate of drug-likeness (QED) is 0.665. The van der Waals surface area contributed by atoms with Gasteiger partial charge in [0.05, 0.1) is 11.7 Å². The first-order valence-corrected chi connectivity index (χ1v) is 10.4. The van der Waals surface area contributed by atoms with Crippen LogP contribution in [0.4, 0.5) is 14.5 Å². The normalized spacial score (nSPS) is 24.4. The van der Waals surface area contributed by atoms with Gasteiger partial charge in [0.2, 0.25) is 5.91 Å². The van der Waals surface area contributed by atoms with Crippen molar-refractivity contribution in [3.63, 3.8) is 0 Å². The summed E-state index contributed by atoms with van der Waals surface area (Å²) in [4.78, 5) is 20.9. The second kappa shape index (κ2) is 9.44. The third-order valence-electron chi connectivity index (χ3n) is 5.42. The third kappa shape index (κ3) is 4.62. The van der Waals surface area contributed by atoms with Crippen LogP contribution in [0.5, 0.6) is 0 Å². The molecule has 0 N–H and O–H groups in total. The summed E-state index contributed by atoms with van der Waals surface area (Å²) in [6.07, 6.45) is 5.54. The van der Waals surface area contributed by atoms with Crippen molar-refractivity contribution in [2.24, 2.45) is 4.99 Å². The number of benzene rings is 1. The Hall–Kier alpha value is -1.34. The molecule has 0 aromatic heterocycles. The maximum Gasteiger partial charge on any atom is 0.225 e. The van der Waals surface area contributed by atoms with E-state index in [1.165, 1.54) is 37.2 Å². The van der Waals surface area contributed by atoms with Gasteiger partial charge in [-0.3, -0.25) is 14.7 Å². The van der Waals surface area contributed by atoms with Gasteiger partial charge in [-0.25, -0.2) is 8.78 Å². The lowest BCUT2D eigenvalue weighted by atomic mass is 9.96. The topological polar surface area (TPSA) is 35.9 Å². The number of aliphatic imine (C=N–C) groups is 1. The minimum Gasteiger partial charge on any atom is -0.333 e. The van der Waals surface area contributed by atoms with Crippen LogP contribution < -0.4 is 4.90 Å². The summed E-state index contributed by atoms with van der Waals surface area (Å²) in [6.45, 7) is 5.03. The smallest absolute Gasteiger partial charge is 0.225 e. The highest BCUT2D eigenvalue weighted by atomic mass is 35.5. The van der Waals surface area contributed by atoms with Gasteiger partial charge < -0.3 is 4.90 Å². The molecule has 2 aliphatic rings. The predicted octanol–water partition coefficient (Wildman–Crippen LogP) is 5.13. The zero-order valence-corrected chi connectivity index (χ0v) is 18.4. The van der Waals surface area contributed by atoms with E-state index < -0.39 is 11.6 Å². The minimum atomic E-state index is -0.684. The fourth-order valence-electron chi connectivity index (χ4n) is 3.99. The van der Waals surface area contributed by atoms with Gasteiger partial charge in [0.15, 0.2) is 5.17 Å². The van der Waals surface area contributed by atoms with Gasteiger partial charge in [0, 0.05) is 30.9 Å². The van der Waals surface area contributed by atoms with Gasteiger partial charge in [0.25, 0.3) is 0 Å². The van der Waals surface area contributed by atoms with Crippen molar-refractivity contribution in [3.8, 4) is 0 Å². The summed E-state index contributed by atoms with van der Waals surface area (Å²) >= 11 is 1.62. The molecule has 0 bridgehead atoms. The second-order valence-electron chi connectivity index (χ2n) is 7.47. The minimum absolute atomic E-state index is 0. The Morgan fingerprint density at radius 1 is 1.25 bits per heavy atom. The van der Waals surface area contributed by atoms with Crippen LogP contribution in [0.15, 0.2) is 17.1 Å². The summed E-state index contributed by atoms with van der Waals surface area (Å²) in [5, 5.41) is 0.937. The fraction of sp³-hybridized carbons (Fsp3) is 0.600. The van der Waals surface area contributed by atoms with Gasteiger partial charge in [0.1, 0.15) is 17.8 Å². The number of nitrogens with zero attached hydrogens (tertiary/aromatic N) is 3. The van der Waals surface area contributed by atoms with E-state index in [0.717, 1.165) is 24.1 Å². The van der Waals surface area contributed by atoms with E-state index in [-0.39, 0.29) is 41.0 Å². The molecule has 1 aliphatic heterocycles. The molecule has 8 heteroatoms. The molecule has 2 atom stereocenters. The number of hydrogen-bond donors (Lipinski definition) is 0. The zero-order chi connectivity index (χ0) is 19.7. The largest absolute Gasteiger partial charge is 0.333 e. The SMILES string of the molecule is CC(=O)N(c1cc(F)cc(F)c1C)C1C(C)SC(=NC2CCCCC2)N1C.Cl. The summed E-state index contributed by atoms with van der Waals surface area (Å²) in [7, 11) is 1.91. The van der Waals surface area contributed by atoms with Gasteiger partial charge in [-0.05, 0) is 32.8 Å². The Morgan fingerprint density at radius 3 is 2.50 bits per heavy atom. The van der Waals surface area contributed by atoms with Gasteiger partial charge in [-0.2, -0.15) is 0 Å². The van der Waals surface area contributed by atoms with Crippen LogP contribution in [-0.2, 0) is 4.79 Å². The van der Waals surface area contributed by atoms with E-state index in [9.17, 15) is 13.6 Å². The molecule has 1 aromatic carbocycles.